The summed E-state index contributed by atoms with van der Waals surface area (Å²) in [6, 6.07) is 0. The van der Waals surface area contributed by atoms with Crippen LogP contribution in [0, 0.1) is 0 Å². The molecule has 0 aromatic carbocycles. The van der Waals surface area contributed by atoms with E-state index in [2.05, 4.69) is 25.6 Å². The Labute approximate surface area is 73.8 Å². The maximum absolute atomic E-state index is 10.4. The van der Waals surface area contributed by atoms with Crippen molar-refractivity contribution in [1.82, 2.24) is 30.2 Å². The Morgan fingerprint density at radius 1 is 1.54 bits per heavy atom. The van der Waals surface area contributed by atoms with Crippen molar-refractivity contribution in [3.05, 3.63) is 25.0 Å². The molecule has 0 aliphatic carbocycles. The van der Waals surface area contributed by atoms with E-state index in [4.69, 9.17) is 0 Å². The third-order valence-electron chi connectivity index (χ3n) is 1.14. The van der Waals surface area contributed by atoms with E-state index in [0.29, 0.717) is 0 Å². The van der Waals surface area contributed by atoms with E-state index in [-0.39, 0.29) is 5.91 Å². The summed E-state index contributed by atoms with van der Waals surface area (Å²) in [7, 11) is 0. The molecule has 1 N–H and O–H groups in total. The number of imidazole rings is 1. The highest BCUT2D eigenvalue weighted by Gasteiger charge is 1.90. The summed E-state index contributed by atoms with van der Waals surface area (Å²) in [4.78, 5) is 14.1. The van der Waals surface area contributed by atoms with Crippen molar-refractivity contribution in [3.63, 3.8) is 0 Å². The molecule has 0 aliphatic rings. The van der Waals surface area contributed by atoms with Crippen LogP contribution in [0.15, 0.2) is 25.0 Å². The van der Waals surface area contributed by atoms with Gasteiger partial charge in [0.2, 0.25) is 5.91 Å². The smallest absolute Gasteiger partial charge is 0.228 e. The van der Waals surface area contributed by atoms with E-state index in [9.17, 15) is 4.79 Å². The fraction of sp³-hybridized carbons (Fsp3) is 0.167. The normalized spacial score (nSPS) is 8.69. The quantitative estimate of drug-likeness (QED) is 0.603. The van der Waals surface area contributed by atoms with Gasteiger partial charge in [-0.05, 0) is 0 Å². The molecular weight excluding hydrogens is 172 g/mol. The van der Waals surface area contributed by atoms with Crippen molar-refractivity contribution in [2.75, 3.05) is 0 Å². The Kier molecular flexibility index (Phi) is 3.31. The molecule has 0 aliphatic heterocycles. The third-order valence-corrected chi connectivity index (χ3v) is 1.14. The summed E-state index contributed by atoms with van der Waals surface area (Å²) in [5, 5.41) is 12.2. The fourth-order valence-corrected chi connectivity index (χ4v) is 0.574. The first-order chi connectivity index (χ1) is 6.30. The number of aromatic nitrogens is 6. The minimum atomic E-state index is -0.0116. The van der Waals surface area contributed by atoms with E-state index in [1.165, 1.54) is 24.1 Å². The van der Waals surface area contributed by atoms with Gasteiger partial charge in [-0.3, -0.25) is 9.36 Å². The van der Waals surface area contributed by atoms with Crippen LogP contribution in [0.1, 0.15) is 11.7 Å². The number of hydrogen-bond donors (Lipinski definition) is 1. The molecule has 0 spiro atoms. The average Bonchev–Trinajstić information content (AvgIpc) is 2.82. The van der Waals surface area contributed by atoms with E-state index >= 15 is 0 Å². The number of nitrogens with one attached hydrogen (secondary N) is 1. The number of carbonyl (C=O) groups excluding carboxylic acids is 1. The van der Waals surface area contributed by atoms with Crippen molar-refractivity contribution in [2.45, 2.75) is 6.92 Å². The molecule has 0 atom stereocenters. The number of rotatable bonds is 0. The van der Waals surface area contributed by atoms with Crippen LogP contribution in [0.2, 0.25) is 0 Å². The number of carbonyl (C=O) groups is 1. The Bertz CT molecular complexity index is 309. The molecule has 2 heterocycles. The molecule has 2 rings (SSSR count). The van der Waals surface area contributed by atoms with Gasteiger partial charge in [0, 0.05) is 19.3 Å². The van der Waals surface area contributed by atoms with Gasteiger partial charge >= 0.3 is 0 Å². The summed E-state index contributed by atoms with van der Waals surface area (Å²) < 4.78 is 1.42. The Morgan fingerprint density at radius 3 is 2.62 bits per heavy atom. The second-order valence-corrected chi connectivity index (χ2v) is 2.05. The first-order valence-electron chi connectivity index (χ1n) is 3.46. The summed E-state index contributed by atoms with van der Waals surface area (Å²) in [6.07, 6.45) is 5.99. The van der Waals surface area contributed by atoms with Crippen LogP contribution >= 0.6 is 0 Å². The van der Waals surface area contributed by atoms with Crippen molar-refractivity contribution >= 4 is 5.91 Å². The molecule has 2 aromatic rings. The molecule has 13 heavy (non-hydrogen) atoms. The molecule has 0 saturated heterocycles. The monoisotopic (exact) mass is 180 g/mol. The predicted molar refractivity (Wildman–Crippen MR) is 42.7 cm³/mol. The third kappa shape index (κ3) is 3.23. The van der Waals surface area contributed by atoms with E-state index in [1.807, 2.05) is 0 Å². The van der Waals surface area contributed by atoms with Crippen LogP contribution in [-0.2, 0) is 0 Å². The van der Waals surface area contributed by atoms with Crippen LogP contribution in [0.3, 0.4) is 0 Å². The molecular formula is C6H8N6O. The van der Waals surface area contributed by atoms with Crippen LogP contribution in [0.25, 0.3) is 0 Å². The van der Waals surface area contributed by atoms with Crippen LogP contribution in [-0.4, -0.2) is 36.1 Å². The highest BCUT2D eigenvalue weighted by Crippen LogP contribution is 1.82. The van der Waals surface area contributed by atoms with Crippen LogP contribution in [0.4, 0.5) is 0 Å². The zero-order chi connectivity index (χ0) is 9.52. The first-order valence-corrected chi connectivity index (χ1v) is 3.46. The molecule has 68 valence electrons. The molecule has 0 fully saturated rings. The maximum Gasteiger partial charge on any atom is 0.228 e. The summed E-state index contributed by atoms with van der Waals surface area (Å²) in [6.45, 7) is 1.49. The van der Waals surface area contributed by atoms with Crippen molar-refractivity contribution in [3.8, 4) is 0 Å². The van der Waals surface area contributed by atoms with Gasteiger partial charge in [-0.1, -0.05) is 5.21 Å². The number of tetrazole rings is 1. The Balaban J connectivity index is 0.000000145. The number of nitrogens with zero attached hydrogens (tertiary/aromatic N) is 5. The van der Waals surface area contributed by atoms with Gasteiger partial charge in [-0.2, -0.15) is 5.21 Å². The molecule has 0 unspecified atom stereocenters. The second kappa shape index (κ2) is 4.75. The van der Waals surface area contributed by atoms with Gasteiger partial charge in [-0.15, -0.1) is 10.2 Å². The lowest BCUT2D eigenvalue weighted by Gasteiger charge is -1.87. The molecule has 7 heteroatoms. The van der Waals surface area contributed by atoms with E-state index < -0.39 is 0 Å². The lowest BCUT2D eigenvalue weighted by atomic mass is 10.7. The SMILES string of the molecule is CC(=O)n1ccnc1.c1nn[nH]n1. The maximum atomic E-state index is 10.4. The van der Waals surface area contributed by atoms with E-state index in [1.54, 1.807) is 12.4 Å². The highest BCUT2D eigenvalue weighted by molar-refractivity contribution is 5.75. The number of aromatic amines is 1. The lowest BCUT2D eigenvalue weighted by molar-refractivity contribution is 0.0936. The topological polar surface area (TPSA) is 89.4 Å². The first kappa shape index (κ1) is 9.04. The van der Waals surface area contributed by atoms with Gasteiger partial charge in [0.05, 0.1) is 0 Å². The zero-order valence-electron chi connectivity index (χ0n) is 6.95. The number of hydrogen-bond acceptors (Lipinski definition) is 5. The molecule has 7 nitrogen and oxygen atoms in total. The van der Waals surface area contributed by atoms with Gasteiger partial charge in [0.1, 0.15) is 6.33 Å². The van der Waals surface area contributed by atoms with Gasteiger partial charge in [0.25, 0.3) is 0 Å². The Hall–Kier alpha value is -2.05. The lowest BCUT2D eigenvalue weighted by Crippen LogP contribution is -2.00. The molecule has 0 amide bonds. The summed E-state index contributed by atoms with van der Waals surface area (Å²) in [5.74, 6) is -0.0116. The highest BCUT2D eigenvalue weighted by atomic mass is 16.1. The fourth-order valence-electron chi connectivity index (χ4n) is 0.574. The van der Waals surface area contributed by atoms with Crippen molar-refractivity contribution < 1.29 is 4.79 Å². The minimum Gasteiger partial charge on any atom is -0.277 e. The van der Waals surface area contributed by atoms with Crippen LogP contribution < -0.4 is 0 Å². The van der Waals surface area contributed by atoms with Crippen molar-refractivity contribution in [1.29, 1.82) is 0 Å². The standard InChI is InChI=1S/C5H6N2O.CH2N4/c1-5(8)7-3-2-6-4-7;1-2-4-5-3-1/h2-4H,1H3;1H,(H,2,3,4,5). The van der Waals surface area contributed by atoms with Crippen LogP contribution in [0.5, 0.6) is 0 Å². The molecule has 0 saturated carbocycles. The minimum absolute atomic E-state index is 0.0116. The predicted octanol–water partition coefficient (Wildman–Crippen LogP) is -0.257. The second-order valence-electron chi connectivity index (χ2n) is 2.05. The average molecular weight is 180 g/mol. The molecule has 0 bridgehead atoms. The van der Waals surface area contributed by atoms with Crippen molar-refractivity contribution in [2.24, 2.45) is 0 Å². The largest absolute Gasteiger partial charge is 0.277 e. The number of H-pyrrole nitrogens is 1. The summed E-state index contributed by atoms with van der Waals surface area (Å²) in [5.41, 5.74) is 0. The van der Waals surface area contributed by atoms with Gasteiger partial charge < -0.3 is 0 Å². The van der Waals surface area contributed by atoms with Gasteiger partial charge in [0.15, 0.2) is 6.33 Å². The summed E-state index contributed by atoms with van der Waals surface area (Å²) >= 11 is 0. The molecule has 0 radical (unpaired) electrons. The zero-order valence-corrected chi connectivity index (χ0v) is 6.95. The van der Waals surface area contributed by atoms with Gasteiger partial charge in [-0.25, -0.2) is 4.98 Å². The van der Waals surface area contributed by atoms with E-state index in [0.717, 1.165) is 0 Å². The Morgan fingerprint density at radius 2 is 2.38 bits per heavy atom. The molecule has 2 aromatic heterocycles.